The zero-order chi connectivity index (χ0) is 16.2. The lowest BCUT2D eigenvalue weighted by molar-refractivity contribution is -0.121. The second kappa shape index (κ2) is 6.83. The molecule has 0 unspecified atom stereocenters. The highest BCUT2D eigenvalue weighted by Crippen LogP contribution is 2.32. The van der Waals surface area contributed by atoms with Gasteiger partial charge in [0.1, 0.15) is 12.4 Å². The number of carbonyl (C=O) groups excluding carboxylic acids is 2. The van der Waals surface area contributed by atoms with E-state index in [-0.39, 0.29) is 24.3 Å². The number of rotatable bonds is 4. The van der Waals surface area contributed by atoms with Gasteiger partial charge >= 0.3 is 0 Å². The smallest absolute Gasteiger partial charge is 0.229 e. The van der Waals surface area contributed by atoms with Crippen molar-refractivity contribution in [3.63, 3.8) is 0 Å². The molecule has 1 atom stereocenters. The minimum atomic E-state index is -0.296. The van der Waals surface area contributed by atoms with E-state index >= 15 is 0 Å². The number of fused-ring (bicyclic) bond motifs is 1. The van der Waals surface area contributed by atoms with Gasteiger partial charge in [-0.3, -0.25) is 9.59 Å². The van der Waals surface area contributed by atoms with Crippen molar-refractivity contribution >= 4 is 28.8 Å². The average Bonchev–Trinajstić information content (AvgIpc) is 3.07. The van der Waals surface area contributed by atoms with Crippen LogP contribution in [0.4, 0.5) is 5.69 Å². The van der Waals surface area contributed by atoms with Crippen LogP contribution in [0.2, 0.25) is 0 Å². The summed E-state index contributed by atoms with van der Waals surface area (Å²) < 4.78 is 5.58. The van der Waals surface area contributed by atoms with Crippen molar-refractivity contribution in [2.45, 2.75) is 19.4 Å². The first-order chi connectivity index (χ1) is 11.1. The van der Waals surface area contributed by atoms with Gasteiger partial charge in [-0.1, -0.05) is 18.2 Å². The summed E-state index contributed by atoms with van der Waals surface area (Å²) in [5, 5.41) is 4.81. The molecule has 2 aromatic rings. The number of nitrogens with one attached hydrogen (secondary N) is 1. The Morgan fingerprint density at radius 3 is 2.87 bits per heavy atom. The Bertz CT molecular complexity index is 700. The van der Waals surface area contributed by atoms with Gasteiger partial charge in [0.05, 0.1) is 24.7 Å². The Balaban J connectivity index is 1.79. The highest BCUT2D eigenvalue weighted by Gasteiger charge is 2.26. The Kier molecular flexibility index (Phi) is 4.62. The van der Waals surface area contributed by atoms with Gasteiger partial charge in [0.15, 0.2) is 0 Å². The zero-order valence-electron chi connectivity index (χ0n) is 12.8. The third-order valence-corrected chi connectivity index (χ3v) is 4.66. The fourth-order valence-corrected chi connectivity index (χ4v) is 3.45. The van der Waals surface area contributed by atoms with E-state index in [2.05, 4.69) is 5.32 Å². The fraction of sp³-hybridized carbons (Fsp3) is 0.294. The summed E-state index contributed by atoms with van der Waals surface area (Å²) in [6, 6.07) is 11.1. The van der Waals surface area contributed by atoms with Gasteiger partial charge in [-0.25, -0.2) is 0 Å². The van der Waals surface area contributed by atoms with Crippen molar-refractivity contribution in [2.24, 2.45) is 0 Å². The third-order valence-electron chi connectivity index (χ3n) is 3.67. The summed E-state index contributed by atoms with van der Waals surface area (Å²) >= 11 is 1.54. The molecule has 5 nitrogen and oxygen atoms in total. The first-order valence-corrected chi connectivity index (χ1v) is 8.36. The number of para-hydroxylation sites is 2. The minimum Gasteiger partial charge on any atom is -0.490 e. The van der Waals surface area contributed by atoms with Crippen molar-refractivity contribution in [2.75, 3.05) is 18.1 Å². The third kappa shape index (κ3) is 3.53. The molecule has 0 bridgehead atoms. The van der Waals surface area contributed by atoms with Crippen LogP contribution in [0.5, 0.6) is 5.75 Å². The van der Waals surface area contributed by atoms with Crippen molar-refractivity contribution < 1.29 is 14.3 Å². The number of hydrogen-bond donors (Lipinski definition) is 1. The van der Waals surface area contributed by atoms with Crippen LogP contribution in [-0.2, 0) is 9.59 Å². The summed E-state index contributed by atoms with van der Waals surface area (Å²) in [5.74, 6) is 0.561. The molecule has 1 aliphatic rings. The first-order valence-electron chi connectivity index (χ1n) is 7.48. The number of amides is 2. The molecule has 0 aliphatic carbocycles. The van der Waals surface area contributed by atoms with Gasteiger partial charge in [0.2, 0.25) is 11.8 Å². The maximum absolute atomic E-state index is 12.8. The number of anilines is 1. The van der Waals surface area contributed by atoms with Gasteiger partial charge in [-0.2, -0.15) is 0 Å². The number of ether oxygens (including phenoxy) is 1. The highest BCUT2D eigenvalue weighted by atomic mass is 32.1. The molecule has 1 aliphatic heterocycles. The molecule has 2 amide bonds. The van der Waals surface area contributed by atoms with Gasteiger partial charge in [-0.05, 0) is 23.6 Å². The average molecular weight is 330 g/mol. The van der Waals surface area contributed by atoms with E-state index < -0.39 is 0 Å². The Morgan fingerprint density at radius 1 is 1.30 bits per heavy atom. The van der Waals surface area contributed by atoms with Gasteiger partial charge in [0.25, 0.3) is 0 Å². The van der Waals surface area contributed by atoms with Gasteiger partial charge in [0, 0.05) is 11.8 Å². The van der Waals surface area contributed by atoms with E-state index in [0.717, 1.165) is 16.3 Å². The molecule has 0 spiro atoms. The van der Waals surface area contributed by atoms with Crippen LogP contribution in [0.1, 0.15) is 24.3 Å². The topological polar surface area (TPSA) is 58.6 Å². The summed E-state index contributed by atoms with van der Waals surface area (Å²) in [7, 11) is 0. The highest BCUT2D eigenvalue weighted by molar-refractivity contribution is 7.10. The van der Waals surface area contributed by atoms with Crippen LogP contribution in [0.25, 0.3) is 0 Å². The molecule has 1 aromatic heterocycles. The Labute approximate surface area is 138 Å². The molecule has 6 heteroatoms. The van der Waals surface area contributed by atoms with Gasteiger partial charge in [-0.15, -0.1) is 11.3 Å². The van der Waals surface area contributed by atoms with E-state index in [9.17, 15) is 9.59 Å². The molecule has 23 heavy (non-hydrogen) atoms. The molecule has 1 N–H and O–H groups in total. The van der Waals surface area contributed by atoms with E-state index in [1.165, 1.54) is 18.3 Å². The summed E-state index contributed by atoms with van der Waals surface area (Å²) in [5.41, 5.74) is 0.788. The summed E-state index contributed by atoms with van der Waals surface area (Å²) in [6.07, 6.45) is 0.231. The Hall–Kier alpha value is -2.34. The van der Waals surface area contributed by atoms with Crippen molar-refractivity contribution in [1.82, 2.24) is 5.32 Å². The van der Waals surface area contributed by atoms with E-state index in [0.29, 0.717) is 13.2 Å². The quantitative estimate of drug-likeness (QED) is 0.938. The first kappa shape index (κ1) is 15.6. The Morgan fingerprint density at radius 2 is 2.13 bits per heavy atom. The molecular formula is C17H18N2O3S. The van der Waals surface area contributed by atoms with Gasteiger partial charge < -0.3 is 15.0 Å². The molecule has 2 heterocycles. The lowest BCUT2D eigenvalue weighted by Gasteiger charge is -2.30. The normalized spacial score (nSPS) is 14.6. The summed E-state index contributed by atoms with van der Waals surface area (Å²) in [4.78, 5) is 26.9. The molecular weight excluding hydrogens is 312 g/mol. The van der Waals surface area contributed by atoms with Crippen LogP contribution >= 0.6 is 11.3 Å². The van der Waals surface area contributed by atoms with Crippen LogP contribution in [0.3, 0.4) is 0 Å². The number of carbonyl (C=O) groups is 2. The van der Waals surface area contributed by atoms with E-state index in [1.807, 2.05) is 41.8 Å². The van der Waals surface area contributed by atoms with E-state index in [1.54, 1.807) is 4.90 Å². The van der Waals surface area contributed by atoms with E-state index in [4.69, 9.17) is 4.74 Å². The van der Waals surface area contributed by atoms with Crippen molar-refractivity contribution in [3.8, 4) is 5.75 Å². The molecule has 0 fully saturated rings. The number of nitrogens with zero attached hydrogens (tertiary/aromatic N) is 1. The van der Waals surface area contributed by atoms with Crippen LogP contribution in [-0.4, -0.2) is 25.0 Å². The molecule has 3 rings (SSSR count). The second-order valence-electron chi connectivity index (χ2n) is 5.33. The second-order valence-corrected chi connectivity index (χ2v) is 6.31. The lowest BCUT2D eigenvalue weighted by atomic mass is 10.1. The number of benzene rings is 1. The maximum atomic E-state index is 12.8. The molecule has 1 aromatic carbocycles. The largest absolute Gasteiger partial charge is 0.490 e. The monoisotopic (exact) mass is 330 g/mol. The molecule has 0 radical (unpaired) electrons. The summed E-state index contributed by atoms with van der Waals surface area (Å²) in [6.45, 7) is 2.47. The molecule has 120 valence electrons. The predicted octanol–water partition coefficient (Wildman–Crippen LogP) is 2.74. The fourth-order valence-electron chi connectivity index (χ4n) is 2.67. The standard InChI is InChI=1S/C17H18N2O3S/c1-12(20)18-13(16-7-4-10-23-16)11-17(21)19-8-9-22-15-6-3-2-5-14(15)19/h2-7,10,13H,8-9,11H2,1H3,(H,18,20)/t13-/m1/s1. The number of thiophene rings is 1. The lowest BCUT2D eigenvalue weighted by Crippen LogP contribution is -2.40. The minimum absolute atomic E-state index is 0.0205. The SMILES string of the molecule is CC(=O)N[C@H](CC(=O)N1CCOc2ccccc21)c1cccs1. The van der Waals surface area contributed by atoms with Crippen molar-refractivity contribution in [3.05, 3.63) is 46.7 Å². The predicted molar refractivity (Wildman–Crippen MR) is 89.8 cm³/mol. The maximum Gasteiger partial charge on any atom is 0.229 e. The molecule has 0 saturated heterocycles. The zero-order valence-corrected chi connectivity index (χ0v) is 13.6. The molecule has 0 saturated carbocycles. The van der Waals surface area contributed by atoms with Crippen LogP contribution in [0.15, 0.2) is 41.8 Å². The van der Waals surface area contributed by atoms with Crippen molar-refractivity contribution in [1.29, 1.82) is 0 Å². The van der Waals surface area contributed by atoms with Crippen LogP contribution < -0.4 is 15.0 Å². The number of hydrogen-bond acceptors (Lipinski definition) is 4. The van der Waals surface area contributed by atoms with Crippen LogP contribution in [0, 0.1) is 0 Å².